The summed E-state index contributed by atoms with van der Waals surface area (Å²) in [7, 11) is 0. The molecule has 0 atom stereocenters. The number of anilines is 2. The van der Waals surface area contributed by atoms with Crippen LogP contribution in [0.2, 0.25) is 0 Å². The van der Waals surface area contributed by atoms with E-state index in [4.69, 9.17) is 9.97 Å². The van der Waals surface area contributed by atoms with E-state index < -0.39 is 0 Å². The predicted molar refractivity (Wildman–Crippen MR) is 138 cm³/mol. The van der Waals surface area contributed by atoms with Crippen LogP contribution in [0.3, 0.4) is 0 Å². The van der Waals surface area contributed by atoms with Gasteiger partial charge in [0.05, 0.1) is 26.6 Å². The maximum absolute atomic E-state index is 12.5. The molecule has 5 rings (SSSR count). The molecule has 3 heterocycles. The van der Waals surface area contributed by atoms with Crippen molar-refractivity contribution in [2.75, 3.05) is 18.0 Å². The summed E-state index contributed by atoms with van der Waals surface area (Å²) < 4.78 is 1.28. The molecule has 5 nitrogen and oxygen atoms in total. The largest absolute Gasteiger partial charge is 0.297 e. The zero-order valence-electron chi connectivity index (χ0n) is 19.0. The first kappa shape index (κ1) is 22.2. The molecule has 33 heavy (non-hydrogen) atoms. The van der Waals surface area contributed by atoms with E-state index in [9.17, 15) is 4.79 Å². The van der Waals surface area contributed by atoms with Crippen molar-refractivity contribution in [2.24, 2.45) is 0 Å². The Hall–Kier alpha value is -2.61. The maximum Gasteiger partial charge on any atom is 0.230 e. The van der Waals surface area contributed by atoms with Gasteiger partial charge in [0.2, 0.25) is 5.91 Å². The lowest BCUT2D eigenvalue weighted by atomic mass is 9.97. The van der Waals surface area contributed by atoms with E-state index in [1.807, 2.05) is 29.5 Å². The summed E-state index contributed by atoms with van der Waals surface area (Å²) in [6.45, 7) is 6.64. The Kier molecular flexibility index (Phi) is 6.53. The van der Waals surface area contributed by atoms with Gasteiger partial charge in [0.1, 0.15) is 0 Å². The molecule has 0 radical (unpaired) electrons. The lowest BCUT2D eigenvalue weighted by molar-refractivity contribution is -0.115. The molecule has 170 valence electrons. The second-order valence-electron chi connectivity index (χ2n) is 8.53. The van der Waals surface area contributed by atoms with Crippen LogP contribution in [0.5, 0.6) is 0 Å². The van der Waals surface area contributed by atoms with Crippen molar-refractivity contribution in [3.8, 4) is 0 Å². The highest BCUT2D eigenvalue weighted by Gasteiger charge is 2.25. The Bertz CT molecular complexity index is 1220. The van der Waals surface area contributed by atoms with Gasteiger partial charge < -0.3 is 0 Å². The number of piperidine rings is 1. The molecule has 2 aromatic carbocycles. The number of fused-ring (bicyclic) bond motifs is 1. The average Bonchev–Trinajstić information content (AvgIpc) is 3.47. The number of amides is 1. The van der Waals surface area contributed by atoms with E-state index in [1.165, 1.54) is 9.71 Å². The molecule has 1 amide bonds. The van der Waals surface area contributed by atoms with E-state index in [1.54, 1.807) is 23.2 Å². The van der Waals surface area contributed by atoms with Crippen molar-refractivity contribution < 1.29 is 4.79 Å². The Balaban J connectivity index is 1.25. The van der Waals surface area contributed by atoms with Gasteiger partial charge in [-0.05, 0) is 56.1 Å². The zero-order valence-corrected chi connectivity index (χ0v) is 20.7. The van der Waals surface area contributed by atoms with Crippen molar-refractivity contribution in [3.63, 3.8) is 0 Å². The minimum atomic E-state index is -0.00607. The molecule has 0 unspecified atom stereocenters. The van der Waals surface area contributed by atoms with Gasteiger partial charge in [-0.15, -0.1) is 22.7 Å². The third-order valence-electron chi connectivity index (χ3n) is 6.29. The Labute approximate surface area is 202 Å². The van der Waals surface area contributed by atoms with E-state index in [0.29, 0.717) is 5.92 Å². The molecule has 0 bridgehead atoms. The van der Waals surface area contributed by atoms with Crippen molar-refractivity contribution in [3.05, 3.63) is 70.2 Å². The van der Waals surface area contributed by atoms with Gasteiger partial charge in [0.25, 0.3) is 0 Å². The first-order valence-corrected chi connectivity index (χ1v) is 13.2. The van der Waals surface area contributed by atoms with Crippen molar-refractivity contribution in [1.82, 2.24) is 14.9 Å². The van der Waals surface area contributed by atoms with Crippen LogP contribution in [0, 0.1) is 0 Å². The van der Waals surface area contributed by atoms with Crippen LogP contribution in [0.25, 0.3) is 10.2 Å². The highest BCUT2D eigenvalue weighted by molar-refractivity contribution is 7.18. The van der Waals surface area contributed by atoms with Gasteiger partial charge in [0.15, 0.2) is 5.13 Å². The highest BCUT2D eigenvalue weighted by Crippen LogP contribution is 2.35. The van der Waals surface area contributed by atoms with E-state index in [0.717, 1.165) is 66.5 Å². The number of benzene rings is 2. The number of carbonyl (C=O) groups excluding carboxylic acids is 1. The molecular formula is C26H28N4OS2. The molecule has 0 aliphatic carbocycles. The van der Waals surface area contributed by atoms with Crippen LogP contribution in [-0.2, 0) is 17.8 Å². The van der Waals surface area contributed by atoms with Crippen molar-refractivity contribution in [2.45, 2.75) is 45.6 Å². The van der Waals surface area contributed by atoms with Gasteiger partial charge in [-0.1, -0.05) is 37.3 Å². The van der Waals surface area contributed by atoms with E-state index in [2.05, 4.69) is 47.5 Å². The van der Waals surface area contributed by atoms with Crippen LogP contribution < -0.4 is 4.90 Å². The van der Waals surface area contributed by atoms with Gasteiger partial charge in [0, 0.05) is 24.8 Å². The molecule has 1 aliphatic heterocycles. The predicted octanol–water partition coefficient (Wildman–Crippen LogP) is 6.38. The van der Waals surface area contributed by atoms with Crippen LogP contribution in [0.15, 0.2) is 53.9 Å². The number of hydrogen-bond donors (Lipinski definition) is 0. The third-order valence-corrected chi connectivity index (χ3v) is 8.37. The summed E-state index contributed by atoms with van der Waals surface area (Å²) in [4.78, 5) is 26.5. The molecule has 1 fully saturated rings. The summed E-state index contributed by atoms with van der Waals surface area (Å²) >= 11 is 3.39. The summed E-state index contributed by atoms with van der Waals surface area (Å²) in [5, 5.41) is 4.13. The van der Waals surface area contributed by atoms with Crippen molar-refractivity contribution in [1.29, 1.82) is 0 Å². The lowest BCUT2D eigenvalue weighted by Gasteiger charge is -2.30. The Morgan fingerprint density at radius 2 is 1.85 bits per heavy atom. The second-order valence-corrected chi connectivity index (χ2v) is 10.4. The molecule has 1 saturated heterocycles. The van der Waals surface area contributed by atoms with Crippen LogP contribution >= 0.6 is 22.7 Å². The fourth-order valence-electron chi connectivity index (χ4n) is 4.54. The number of para-hydroxylation sites is 2. The first-order chi connectivity index (χ1) is 16.1. The minimum absolute atomic E-state index is 0.00607. The monoisotopic (exact) mass is 476 g/mol. The number of aromatic nitrogens is 2. The van der Waals surface area contributed by atoms with Crippen molar-refractivity contribution >= 4 is 49.6 Å². The van der Waals surface area contributed by atoms with Gasteiger partial charge in [-0.25, -0.2) is 9.97 Å². The lowest BCUT2D eigenvalue weighted by Crippen LogP contribution is -2.32. The molecule has 2 aromatic heterocycles. The second kappa shape index (κ2) is 9.71. The summed E-state index contributed by atoms with van der Waals surface area (Å²) in [6, 6.07) is 16.5. The molecule has 4 aromatic rings. The van der Waals surface area contributed by atoms with Gasteiger partial charge >= 0.3 is 0 Å². The SMILES string of the molecule is CCc1ccccc1N(C(C)=O)c1nc(CN2CCC(c3nc4ccccc4s3)CC2)cs1. The molecule has 7 heteroatoms. The number of hydrogen-bond acceptors (Lipinski definition) is 6. The topological polar surface area (TPSA) is 49.3 Å². The minimum Gasteiger partial charge on any atom is -0.297 e. The number of aryl methyl sites for hydroxylation is 1. The Morgan fingerprint density at radius 3 is 2.61 bits per heavy atom. The standard InChI is InChI=1S/C26H28N4OS2/c1-3-19-8-4-6-10-23(19)30(18(2)31)26-27-21(17-32-26)16-29-14-12-20(13-15-29)25-28-22-9-5-7-11-24(22)33-25/h4-11,17,20H,3,12-16H2,1-2H3. The average molecular weight is 477 g/mol. The molecule has 0 spiro atoms. The quantitative estimate of drug-likeness (QED) is 0.324. The third kappa shape index (κ3) is 4.71. The molecular weight excluding hydrogens is 448 g/mol. The Morgan fingerprint density at radius 1 is 1.09 bits per heavy atom. The number of rotatable bonds is 6. The maximum atomic E-state index is 12.5. The van der Waals surface area contributed by atoms with E-state index in [-0.39, 0.29) is 5.91 Å². The van der Waals surface area contributed by atoms with Crippen LogP contribution in [0.1, 0.15) is 48.9 Å². The summed E-state index contributed by atoms with van der Waals surface area (Å²) in [5.41, 5.74) is 4.25. The number of nitrogens with zero attached hydrogens (tertiary/aromatic N) is 4. The molecule has 0 N–H and O–H groups in total. The normalized spacial score (nSPS) is 15.2. The number of likely N-dealkylation sites (tertiary alicyclic amines) is 1. The highest BCUT2D eigenvalue weighted by atomic mass is 32.1. The fourth-order valence-corrected chi connectivity index (χ4v) is 6.55. The molecule has 0 saturated carbocycles. The summed E-state index contributed by atoms with van der Waals surface area (Å²) in [5.74, 6) is 0.539. The van der Waals surface area contributed by atoms with Crippen LogP contribution in [-0.4, -0.2) is 33.9 Å². The molecule has 1 aliphatic rings. The zero-order chi connectivity index (χ0) is 22.8. The fraction of sp³-hybridized carbons (Fsp3) is 0.346. The summed E-state index contributed by atoms with van der Waals surface area (Å²) in [6.07, 6.45) is 3.13. The van der Waals surface area contributed by atoms with E-state index >= 15 is 0 Å². The first-order valence-electron chi connectivity index (χ1n) is 11.5. The number of thiazole rings is 2. The smallest absolute Gasteiger partial charge is 0.230 e. The van der Waals surface area contributed by atoms with Gasteiger partial charge in [-0.2, -0.15) is 0 Å². The van der Waals surface area contributed by atoms with Crippen LogP contribution in [0.4, 0.5) is 10.8 Å². The van der Waals surface area contributed by atoms with Gasteiger partial charge in [-0.3, -0.25) is 14.6 Å². The number of carbonyl (C=O) groups is 1.